The molecule has 2 N–H and O–H groups in total. The molecule has 0 aromatic heterocycles. The second kappa shape index (κ2) is 7.39. The molecule has 0 heterocycles. The van der Waals surface area contributed by atoms with E-state index in [9.17, 15) is 4.79 Å². The van der Waals surface area contributed by atoms with Gasteiger partial charge in [-0.25, -0.2) is 0 Å². The van der Waals surface area contributed by atoms with Crippen LogP contribution >= 0.6 is 11.6 Å². The summed E-state index contributed by atoms with van der Waals surface area (Å²) in [7, 11) is 0. The highest BCUT2D eigenvalue weighted by molar-refractivity contribution is 6.30. The molecule has 0 unspecified atom stereocenters. The fraction of sp³-hybridized carbons (Fsp3) is 0.500. The monoisotopic (exact) mass is 268 g/mol. The molecule has 0 bridgehead atoms. The number of carbonyl (C=O) groups excluding carboxylic acids is 1. The summed E-state index contributed by atoms with van der Waals surface area (Å²) in [5.74, 6) is 0.0794. The van der Waals surface area contributed by atoms with E-state index >= 15 is 0 Å². The zero-order chi connectivity index (χ0) is 13.5. The Labute approximate surface area is 114 Å². The van der Waals surface area contributed by atoms with E-state index in [-0.39, 0.29) is 18.0 Å². The molecule has 0 saturated heterocycles. The lowest BCUT2D eigenvalue weighted by molar-refractivity contribution is -0.121. The van der Waals surface area contributed by atoms with E-state index in [1.54, 1.807) is 0 Å². The molecule has 0 aliphatic carbocycles. The maximum Gasteiger partial charge on any atom is 0.221 e. The molecule has 18 heavy (non-hydrogen) atoms. The van der Waals surface area contributed by atoms with Gasteiger partial charge in [-0.3, -0.25) is 4.79 Å². The molecule has 1 atom stereocenters. The highest BCUT2D eigenvalue weighted by Gasteiger charge is 2.07. The Hall–Kier alpha value is -1.06. The predicted molar refractivity (Wildman–Crippen MR) is 75.8 cm³/mol. The second-order valence-electron chi connectivity index (χ2n) is 4.70. The normalized spacial score (nSPS) is 12.5. The molecule has 1 aromatic carbocycles. The van der Waals surface area contributed by atoms with E-state index in [4.69, 9.17) is 11.6 Å². The van der Waals surface area contributed by atoms with Gasteiger partial charge in [-0.05, 0) is 38.5 Å². The zero-order valence-electron chi connectivity index (χ0n) is 11.2. The van der Waals surface area contributed by atoms with Gasteiger partial charge in [0.1, 0.15) is 0 Å². The van der Waals surface area contributed by atoms with Crippen molar-refractivity contribution in [1.29, 1.82) is 0 Å². The molecule has 0 spiro atoms. The van der Waals surface area contributed by atoms with E-state index < -0.39 is 0 Å². The lowest BCUT2D eigenvalue weighted by Crippen LogP contribution is -2.33. The van der Waals surface area contributed by atoms with Crippen LogP contribution in [0.3, 0.4) is 0 Å². The largest absolute Gasteiger partial charge is 0.354 e. The van der Waals surface area contributed by atoms with E-state index in [1.807, 2.05) is 38.1 Å². The van der Waals surface area contributed by atoms with Crippen molar-refractivity contribution in [3.8, 4) is 0 Å². The summed E-state index contributed by atoms with van der Waals surface area (Å²) in [5, 5.41) is 6.91. The molecular weight excluding hydrogens is 248 g/mol. The minimum Gasteiger partial charge on any atom is -0.354 e. The maximum absolute atomic E-state index is 11.5. The summed E-state index contributed by atoms with van der Waals surface area (Å²) in [6, 6.07) is 8.14. The summed E-state index contributed by atoms with van der Waals surface area (Å²) < 4.78 is 0. The third-order valence-electron chi connectivity index (χ3n) is 2.60. The standard InChI is InChI=1S/C14H21ClN2O/c1-10(2)17-14(18)7-8-16-11(3)12-5-4-6-13(15)9-12/h4-6,9-11,16H,7-8H2,1-3H3,(H,17,18)/t11-/m0/s1. The van der Waals surface area contributed by atoms with Crippen molar-refractivity contribution in [3.05, 3.63) is 34.9 Å². The molecule has 0 radical (unpaired) electrons. The van der Waals surface area contributed by atoms with Gasteiger partial charge in [-0.15, -0.1) is 0 Å². The van der Waals surface area contributed by atoms with Crippen molar-refractivity contribution in [3.63, 3.8) is 0 Å². The van der Waals surface area contributed by atoms with Crippen molar-refractivity contribution in [2.45, 2.75) is 39.3 Å². The Kier molecular flexibility index (Phi) is 6.16. The number of amides is 1. The van der Waals surface area contributed by atoms with Crippen LogP contribution in [0, 0.1) is 0 Å². The van der Waals surface area contributed by atoms with E-state index in [0.29, 0.717) is 13.0 Å². The minimum atomic E-state index is 0.0794. The Bertz CT molecular complexity index is 393. The lowest BCUT2D eigenvalue weighted by Gasteiger charge is -2.15. The van der Waals surface area contributed by atoms with Gasteiger partial charge >= 0.3 is 0 Å². The Balaban J connectivity index is 2.33. The van der Waals surface area contributed by atoms with Gasteiger partial charge in [0.05, 0.1) is 0 Å². The molecule has 1 amide bonds. The van der Waals surface area contributed by atoms with Gasteiger partial charge in [0, 0.05) is 30.1 Å². The van der Waals surface area contributed by atoms with Crippen LogP contribution < -0.4 is 10.6 Å². The van der Waals surface area contributed by atoms with Gasteiger partial charge in [0.15, 0.2) is 0 Å². The highest BCUT2D eigenvalue weighted by atomic mass is 35.5. The number of carbonyl (C=O) groups is 1. The van der Waals surface area contributed by atoms with Crippen LogP contribution in [0.4, 0.5) is 0 Å². The van der Waals surface area contributed by atoms with Crippen molar-refractivity contribution in [2.75, 3.05) is 6.54 Å². The maximum atomic E-state index is 11.5. The Morgan fingerprint density at radius 3 is 2.67 bits per heavy atom. The van der Waals surface area contributed by atoms with Crippen molar-refractivity contribution < 1.29 is 4.79 Å². The first-order chi connectivity index (χ1) is 8.49. The quantitative estimate of drug-likeness (QED) is 0.833. The fourth-order valence-electron chi connectivity index (χ4n) is 1.69. The first kappa shape index (κ1) is 15.0. The number of rotatable bonds is 6. The van der Waals surface area contributed by atoms with Crippen LogP contribution in [-0.2, 0) is 4.79 Å². The average Bonchev–Trinajstić information content (AvgIpc) is 2.27. The van der Waals surface area contributed by atoms with E-state index in [2.05, 4.69) is 17.6 Å². The highest BCUT2D eigenvalue weighted by Crippen LogP contribution is 2.16. The van der Waals surface area contributed by atoms with Gasteiger partial charge in [-0.1, -0.05) is 23.7 Å². The second-order valence-corrected chi connectivity index (χ2v) is 5.14. The van der Waals surface area contributed by atoms with Crippen molar-refractivity contribution >= 4 is 17.5 Å². The van der Waals surface area contributed by atoms with Crippen molar-refractivity contribution in [1.82, 2.24) is 10.6 Å². The van der Waals surface area contributed by atoms with Gasteiger partial charge in [0.25, 0.3) is 0 Å². The number of halogens is 1. The topological polar surface area (TPSA) is 41.1 Å². The molecule has 100 valence electrons. The van der Waals surface area contributed by atoms with Crippen LogP contribution in [0.1, 0.15) is 38.8 Å². The smallest absolute Gasteiger partial charge is 0.221 e. The summed E-state index contributed by atoms with van der Waals surface area (Å²) in [5.41, 5.74) is 1.13. The molecule has 0 saturated carbocycles. The van der Waals surface area contributed by atoms with Gasteiger partial charge in [-0.2, -0.15) is 0 Å². The molecule has 1 aromatic rings. The SMILES string of the molecule is CC(C)NC(=O)CCN[C@@H](C)c1cccc(Cl)c1. The molecule has 1 rings (SSSR count). The van der Waals surface area contributed by atoms with Crippen LogP contribution in [-0.4, -0.2) is 18.5 Å². The molecule has 0 aliphatic rings. The Morgan fingerprint density at radius 2 is 2.06 bits per heavy atom. The molecule has 4 heteroatoms. The summed E-state index contributed by atoms with van der Waals surface area (Å²) in [6.45, 7) is 6.64. The number of hydrogen-bond donors (Lipinski definition) is 2. The van der Waals surface area contributed by atoms with Gasteiger partial charge < -0.3 is 10.6 Å². The summed E-state index contributed by atoms with van der Waals surface area (Å²) in [4.78, 5) is 11.5. The van der Waals surface area contributed by atoms with Crippen molar-refractivity contribution in [2.24, 2.45) is 0 Å². The first-order valence-electron chi connectivity index (χ1n) is 6.27. The minimum absolute atomic E-state index is 0.0794. The lowest BCUT2D eigenvalue weighted by atomic mass is 10.1. The third kappa shape index (κ3) is 5.52. The number of benzene rings is 1. The molecule has 0 fully saturated rings. The Morgan fingerprint density at radius 1 is 1.33 bits per heavy atom. The van der Waals surface area contributed by atoms with Crippen LogP contribution in [0.15, 0.2) is 24.3 Å². The molecular formula is C14H21ClN2O. The van der Waals surface area contributed by atoms with Crippen LogP contribution in [0.5, 0.6) is 0 Å². The van der Waals surface area contributed by atoms with Gasteiger partial charge in [0.2, 0.25) is 5.91 Å². The number of hydrogen-bond acceptors (Lipinski definition) is 2. The fourth-order valence-corrected chi connectivity index (χ4v) is 1.89. The van der Waals surface area contributed by atoms with Crippen LogP contribution in [0.25, 0.3) is 0 Å². The molecule has 3 nitrogen and oxygen atoms in total. The van der Waals surface area contributed by atoms with E-state index in [1.165, 1.54) is 0 Å². The predicted octanol–water partition coefficient (Wildman–Crippen LogP) is 2.91. The summed E-state index contributed by atoms with van der Waals surface area (Å²) in [6.07, 6.45) is 0.489. The summed E-state index contributed by atoms with van der Waals surface area (Å²) >= 11 is 5.94. The number of nitrogens with one attached hydrogen (secondary N) is 2. The van der Waals surface area contributed by atoms with Crippen LogP contribution in [0.2, 0.25) is 5.02 Å². The van der Waals surface area contributed by atoms with E-state index in [0.717, 1.165) is 10.6 Å². The molecule has 0 aliphatic heterocycles. The third-order valence-corrected chi connectivity index (χ3v) is 2.84. The zero-order valence-corrected chi connectivity index (χ0v) is 11.9. The first-order valence-corrected chi connectivity index (χ1v) is 6.65. The average molecular weight is 269 g/mol.